The van der Waals surface area contributed by atoms with E-state index in [2.05, 4.69) is 4.85 Å². The maximum atomic E-state index is 13.6. The zero-order chi connectivity index (χ0) is 18.8. The van der Waals surface area contributed by atoms with E-state index in [-0.39, 0.29) is 27.6 Å². The Morgan fingerprint density at radius 1 is 1.40 bits per heavy atom. The highest BCUT2D eigenvalue weighted by Crippen LogP contribution is 2.52. The molecule has 1 N–H and O–H groups in total. The molecule has 0 fully saturated rings. The average molecular weight is 389 g/mol. The summed E-state index contributed by atoms with van der Waals surface area (Å²) < 4.78 is 62.8. The van der Waals surface area contributed by atoms with E-state index in [4.69, 9.17) is 19.7 Å². The topological polar surface area (TPSA) is 68.0 Å². The zero-order valence-corrected chi connectivity index (χ0v) is 14.2. The molecular weight excluding hydrogens is 379 g/mol. The summed E-state index contributed by atoms with van der Waals surface area (Å²) in [5.41, 5.74) is 0.491. The van der Waals surface area contributed by atoms with Crippen molar-refractivity contribution in [2.45, 2.75) is 25.4 Å². The van der Waals surface area contributed by atoms with Gasteiger partial charge in [-0.3, -0.25) is 0 Å². The van der Waals surface area contributed by atoms with E-state index in [1.807, 2.05) is 0 Å². The molecule has 0 amide bonds. The van der Waals surface area contributed by atoms with Gasteiger partial charge in [-0.2, -0.15) is 8.42 Å². The van der Waals surface area contributed by atoms with E-state index in [1.54, 1.807) is 6.92 Å². The van der Waals surface area contributed by atoms with Gasteiger partial charge in [-0.15, -0.1) is 11.3 Å². The number of alkyl halides is 2. The maximum absolute atomic E-state index is 13.6. The van der Waals surface area contributed by atoms with Gasteiger partial charge in [0.1, 0.15) is 17.7 Å². The van der Waals surface area contributed by atoms with Crippen LogP contribution in [0.15, 0.2) is 18.2 Å². The second-order valence-electron chi connectivity index (χ2n) is 5.11. The number of nitrogens with zero attached hydrogens (tertiary/aromatic N) is 1. The van der Waals surface area contributed by atoms with Gasteiger partial charge in [0.25, 0.3) is 5.92 Å². The van der Waals surface area contributed by atoms with Crippen LogP contribution in [0, 0.1) is 19.3 Å². The van der Waals surface area contributed by atoms with Crippen LogP contribution in [0.3, 0.4) is 0 Å². The first-order valence-corrected chi connectivity index (χ1v) is 8.17. The van der Waals surface area contributed by atoms with Crippen LogP contribution in [-0.2, 0) is 18.0 Å². The number of thiophene rings is 1. The number of aryl methyl sites for hydroxylation is 1. The van der Waals surface area contributed by atoms with Gasteiger partial charge in [-0.25, -0.2) is 18.0 Å². The van der Waals surface area contributed by atoms with E-state index in [0.717, 1.165) is 23.5 Å². The minimum absolute atomic E-state index is 0.0605. The first kappa shape index (κ1) is 19.1. The van der Waals surface area contributed by atoms with Gasteiger partial charge in [0, 0.05) is 28.5 Å². The third kappa shape index (κ3) is 3.89. The van der Waals surface area contributed by atoms with E-state index in [9.17, 15) is 18.3 Å². The fourth-order valence-corrected chi connectivity index (χ4v) is 3.57. The molecule has 1 heterocycles. The fourth-order valence-electron chi connectivity index (χ4n) is 2.51. The van der Waals surface area contributed by atoms with Crippen LogP contribution in [-0.4, -0.2) is 19.4 Å². The highest BCUT2D eigenvalue weighted by molar-refractivity contribution is 7.51. The van der Waals surface area contributed by atoms with Crippen molar-refractivity contribution >= 4 is 28.6 Å². The quantitative estimate of drug-likeness (QED) is 0.786. The van der Waals surface area contributed by atoms with Crippen molar-refractivity contribution in [1.82, 2.24) is 0 Å². The lowest BCUT2D eigenvalue weighted by molar-refractivity contribution is -0.0970. The summed E-state index contributed by atoms with van der Waals surface area (Å²) in [5.74, 6) is -3.80. The highest BCUT2D eigenvalue weighted by Gasteiger charge is 2.50. The summed E-state index contributed by atoms with van der Waals surface area (Å²) in [4.78, 5) is 3.66. The van der Waals surface area contributed by atoms with E-state index >= 15 is 0 Å². The number of halogens is 3. The predicted molar refractivity (Wildman–Crippen MR) is 84.3 cm³/mol. The Morgan fingerprint density at radius 3 is 2.64 bits per heavy atom. The summed E-state index contributed by atoms with van der Waals surface area (Å²) in [7, 11) is 0. The monoisotopic (exact) mass is 389 g/mol. The van der Waals surface area contributed by atoms with Crippen molar-refractivity contribution in [2.75, 3.05) is 0 Å². The summed E-state index contributed by atoms with van der Waals surface area (Å²) in [6.45, 7) is 8.52. The molecule has 1 aromatic heterocycles. The van der Waals surface area contributed by atoms with Crippen LogP contribution in [0.4, 0.5) is 18.9 Å². The van der Waals surface area contributed by atoms with Gasteiger partial charge < -0.3 is 9.84 Å². The molecule has 0 spiro atoms. The second-order valence-corrected chi connectivity index (χ2v) is 6.43. The Bertz CT molecular complexity index is 886. The van der Waals surface area contributed by atoms with E-state index in [1.165, 1.54) is 6.07 Å². The molecule has 0 aliphatic heterocycles. The molecule has 132 valence electrons. The zero-order valence-electron chi connectivity index (χ0n) is 12.6. The normalized spacial score (nSPS) is 17.0. The van der Waals surface area contributed by atoms with Crippen molar-refractivity contribution in [3.05, 3.63) is 51.4 Å². The van der Waals surface area contributed by atoms with E-state index in [0.29, 0.717) is 4.88 Å². The highest BCUT2D eigenvalue weighted by atomic mass is 32.1. The largest absolute Gasteiger partial charge is 0.448 e. The van der Waals surface area contributed by atoms with Crippen molar-refractivity contribution in [1.29, 1.82) is 0 Å². The van der Waals surface area contributed by atoms with Gasteiger partial charge in [-0.1, -0.05) is 0 Å². The molecule has 3 rings (SSSR count). The average Bonchev–Trinajstić information content (AvgIpc) is 2.94. The van der Waals surface area contributed by atoms with Crippen LogP contribution >= 0.6 is 11.3 Å². The molecule has 5 nitrogen and oxygen atoms in total. The number of hydrogen-bond donors (Lipinski definition) is 1. The number of aliphatic hydroxyl groups is 1. The van der Waals surface area contributed by atoms with Gasteiger partial charge >= 0.3 is 11.6 Å². The molecule has 0 bridgehead atoms. The van der Waals surface area contributed by atoms with Crippen LogP contribution in [0.5, 0.6) is 10.8 Å². The third-order valence-corrected chi connectivity index (χ3v) is 4.52. The smallest absolute Gasteiger partial charge is 0.335 e. The molecule has 0 saturated carbocycles. The molecular formula is C15H10F3NO4S2. The third-order valence-electron chi connectivity index (χ3n) is 3.48. The molecule has 0 radical (unpaired) electrons. The molecule has 2 aromatic rings. The molecule has 10 heteroatoms. The lowest BCUT2D eigenvalue weighted by Crippen LogP contribution is -2.22. The Labute approximate surface area is 148 Å². The number of aliphatic hydroxyl groups excluding tert-OH is 1. The number of benzene rings is 1. The van der Waals surface area contributed by atoms with Gasteiger partial charge in [0.2, 0.25) is 0 Å². The Morgan fingerprint density at radius 2 is 2.04 bits per heavy atom. The number of rotatable bonds is 2. The van der Waals surface area contributed by atoms with Crippen LogP contribution < -0.4 is 4.74 Å². The number of hydrogen-bond acceptors (Lipinski definition) is 5. The standard InChI is InChI=1S/C15H10F3NO2S.O2S/c1-7-12-11(6-15(17,18)13(12)20)14(22-7)21-10-4-8(16)3-9(5-10)19-2;1-3-2/h3-5,13,20H,6H2,1H3;. The molecule has 0 saturated heterocycles. The fraction of sp³-hybridized carbons (Fsp3) is 0.267. The minimum Gasteiger partial charge on any atom is -0.448 e. The number of ether oxygens (including phenoxy) is 1. The molecule has 1 aromatic carbocycles. The van der Waals surface area contributed by atoms with Crippen molar-refractivity contribution in [3.63, 3.8) is 0 Å². The molecule has 1 aliphatic carbocycles. The summed E-state index contributed by atoms with van der Waals surface area (Å²) >= 11 is 0.370. The van der Waals surface area contributed by atoms with Gasteiger partial charge in [-0.05, 0) is 19.1 Å². The van der Waals surface area contributed by atoms with Crippen molar-refractivity contribution in [2.24, 2.45) is 0 Å². The second kappa shape index (κ2) is 7.35. The lowest BCUT2D eigenvalue weighted by Gasteiger charge is -2.14. The predicted octanol–water partition coefficient (Wildman–Crippen LogP) is 4.09. The van der Waals surface area contributed by atoms with Crippen molar-refractivity contribution in [3.8, 4) is 10.8 Å². The van der Waals surface area contributed by atoms with E-state index < -0.39 is 35.8 Å². The maximum Gasteiger partial charge on any atom is 0.335 e. The van der Waals surface area contributed by atoms with Crippen LogP contribution in [0.2, 0.25) is 0 Å². The van der Waals surface area contributed by atoms with Gasteiger partial charge in [0.15, 0.2) is 10.8 Å². The Kier molecular flexibility index (Phi) is 5.62. The number of fused-ring (bicyclic) bond motifs is 1. The summed E-state index contributed by atoms with van der Waals surface area (Å²) in [6, 6.07) is 3.47. The molecule has 1 unspecified atom stereocenters. The molecule has 1 atom stereocenters. The van der Waals surface area contributed by atoms with Gasteiger partial charge in [0.05, 0.1) is 6.57 Å². The first-order valence-electron chi connectivity index (χ1n) is 6.69. The Balaban J connectivity index is 0.000000701. The summed E-state index contributed by atoms with van der Waals surface area (Å²) in [6.07, 6.45) is -2.46. The summed E-state index contributed by atoms with van der Waals surface area (Å²) in [5, 5.41) is 9.90. The minimum atomic E-state index is -3.23. The SMILES string of the molecule is O=S=O.[C-]#[N+]c1cc(F)cc(Oc2sc(C)c3c2CC(F)(F)C3O)c1. The van der Waals surface area contributed by atoms with Crippen LogP contribution in [0.1, 0.15) is 22.1 Å². The van der Waals surface area contributed by atoms with Crippen LogP contribution in [0.25, 0.3) is 4.85 Å². The molecule has 25 heavy (non-hydrogen) atoms. The lowest BCUT2D eigenvalue weighted by atomic mass is 10.1. The first-order chi connectivity index (χ1) is 11.7. The van der Waals surface area contributed by atoms with Crippen molar-refractivity contribution < 1.29 is 31.4 Å². The Hall–Kier alpha value is -2.22. The molecule has 1 aliphatic rings.